The van der Waals surface area contributed by atoms with Crippen molar-refractivity contribution in [2.24, 2.45) is 13.0 Å². The maximum absolute atomic E-state index is 13.1. The quantitative estimate of drug-likeness (QED) is 0.720. The van der Waals surface area contributed by atoms with Gasteiger partial charge in [0.15, 0.2) is 0 Å². The van der Waals surface area contributed by atoms with Gasteiger partial charge in [-0.1, -0.05) is 30.3 Å². The van der Waals surface area contributed by atoms with E-state index in [1.165, 1.54) is 10.2 Å². The second kappa shape index (κ2) is 7.59. The van der Waals surface area contributed by atoms with Crippen molar-refractivity contribution in [1.29, 1.82) is 0 Å². The summed E-state index contributed by atoms with van der Waals surface area (Å²) in [5.41, 5.74) is 3.35. The van der Waals surface area contributed by atoms with Gasteiger partial charge >= 0.3 is 5.69 Å². The summed E-state index contributed by atoms with van der Waals surface area (Å²) >= 11 is 0. The van der Waals surface area contributed by atoms with E-state index in [-0.39, 0.29) is 17.5 Å². The molecule has 1 atom stereocenters. The van der Waals surface area contributed by atoms with Crippen molar-refractivity contribution in [2.45, 2.75) is 38.1 Å². The van der Waals surface area contributed by atoms with Gasteiger partial charge in [-0.3, -0.25) is 14.5 Å². The highest BCUT2D eigenvalue weighted by Crippen LogP contribution is 2.34. The number of benzene rings is 1. The fourth-order valence-corrected chi connectivity index (χ4v) is 4.84. The van der Waals surface area contributed by atoms with Crippen molar-refractivity contribution in [3.8, 4) is 11.1 Å². The van der Waals surface area contributed by atoms with Gasteiger partial charge in [0.05, 0.1) is 12.1 Å². The predicted molar refractivity (Wildman–Crippen MR) is 112 cm³/mol. The highest BCUT2D eigenvalue weighted by Gasteiger charge is 2.33. The summed E-state index contributed by atoms with van der Waals surface area (Å²) in [6, 6.07) is 10.3. The van der Waals surface area contributed by atoms with Gasteiger partial charge < -0.3 is 4.90 Å². The number of amides is 1. The summed E-state index contributed by atoms with van der Waals surface area (Å²) in [4.78, 5) is 27.3. The summed E-state index contributed by atoms with van der Waals surface area (Å²) < 4.78 is 3.03. The molecule has 1 unspecified atom stereocenters. The van der Waals surface area contributed by atoms with Crippen LogP contribution in [-0.2, 0) is 24.8 Å². The molecule has 1 aromatic carbocycles. The molecule has 8 heteroatoms. The SMILES string of the molecule is Cn1nc2n(c1=O)CC(C(=O)N1CCC(c3[nH]ncc3-c3ccccc3)CC1)CC2. The minimum Gasteiger partial charge on any atom is -0.342 e. The number of hydrogen-bond donors (Lipinski definition) is 1. The molecular weight excluding hydrogens is 380 g/mol. The Hall–Kier alpha value is -3.16. The largest absolute Gasteiger partial charge is 0.345 e. The minimum atomic E-state index is -0.136. The number of hydrogen-bond acceptors (Lipinski definition) is 4. The van der Waals surface area contributed by atoms with Gasteiger partial charge in [-0.2, -0.15) is 10.2 Å². The summed E-state index contributed by atoms with van der Waals surface area (Å²) in [6.45, 7) is 1.92. The summed E-state index contributed by atoms with van der Waals surface area (Å²) in [5.74, 6) is 1.19. The Morgan fingerprint density at radius 3 is 2.67 bits per heavy atom. The van der Waals surface area contributed by atoms with Gasteiger partial charge in [0.25, 0.3) is 0 Å². The van der Waals surface area contributed by atoms with Crippen molar-refractivity contribution < 1.29 is 4.79 Å². The topological polar surface area (TPSA) is 88.8 Å². The van der Waals surface area contributed by atoms with Crippen LogP contribution in [0.25, 0.3) is 11.1 Å². The highest BCUT2D eigenvalue weighted by atomic mass is 16.2. The summed E-state index contributed by atoms with van der Waals surface area (Å²) in [5, 5.41) is 11.7. The van der Waals surface area contributed by atoms with E-state index in [1.807, 2.05) is 29.3 Å². The molecule has 5 rings (SSSR count). The number of aryl methyl sites for hydroxylation is 2. The molecule has 1 amide bonds. The van der Waals surface area contributed by atoms with Crippen molar-refractivity contribution in [2.75, 3.05) is 13.1 Å². The van der Waals surface area contributed by atoms with Crippen LogP contribution < -0.4 is 5.69 Å². The summed E-state index contributed by atoms with van der Waals surface area (Å²) in [7, 11) is 1.66. The second-order valence-electron chi connectivity index (χ2n) is 8.33. The Balaban J connectivity index is 1.25. The van der Waals surface area contributed by atoms with E-state index in [9.17, 15) is 9.59 Å². The molecule has 0 spiro atoms. The Kier molecular flexibility index (Phi) is 4.77. The third-order valence-corrected chi connectivity index (χ3v) is 6.52. The molecule has 8 nitrogen and oxygen atoms in total. The van der Waals surface area contributed by atoms with Gasteiger partial charge in [-0.15, -0.1) is 0 Å². The van der Waals surface area contributed by atoms with Crippen LogP contribution in [0.5, 0.6) is 0 Å². The van der Waals surface area contributed by atoms with Gasteiger partial charge in [0.1, 0.15) is 5.82 Å². The van der Waals surface area contributed by atoms with E-state index in [4.69, 9.17) is 0 Å². The molecule has 2 aliphatic rings. The first-order valence-electron chi connectivity index (χ1n) is 10.6. The van der Waals surface area contributed by atoms with Crippen molar-refractivity contribution in [3.05, 3.63) is 58.5 Å². The normalized spacial score (nSPS) is 19.6. The maximum Gasteiger partial charge on any atom is 0.345 e. The number of carbonyl (C=O) groups excluding carboxylic acids is 1. The number of H-pyrrole nitrogens is 1. The monoisotopic (exact) mass is 406 g/mol. The first-order valence-corrected chi connectivity index (χ1v) is 10.6. The third-order valence-electron chi connectivity index (χ3n) is 6.52. The fourth-order valence-electron chi connectivity index (χ4n) is 4.84. The molecule has 0 saturated carbocycles. The van der Waals surface area contributed by atoms with Gasteiger partial charge in [-0.25, -0.2) is 9.48 Å². The highest BCUT2D eigenvalue weighted by molar-refractivity contribution is 5.79. The Labute approximate surface area is 174 Å². The van der Waals surface area contributed by atoms with Gasteiger partial charge in [0, 0.05) is 50.3 Å². The smallest absolute Gasteiger partial charge is 0.342 e. The van der Waals surface area contributed by atoms with Crippen LogP contribution in [0.15, 0.2) is 41.3 Å². The number of likely N-dealkylation sites (tertiary alicyclic amines) is 1. The maximum atomic E-state index is 13.1. The van der Waals surface area contributed by atoms with Crippen LogP contribution in [0.4, 0.5) is 0 Å². The van der Waals surface area contributed by atoms with E-state index >= 15 is 0 Å². The predicted octanol–water partition coefficient (Wildman–Crippen LogP) is 1.94. The van der Waals surface area contributed by atoms with Crippen LogP contribution in [0.1, 0.15) is 36.7 Å². The fraction of sp³-hybridized carbons (Fsp3) is 0.455. The Morgan fingerprint density at radius 2 is 1.90 bits per heavy atom. The van der Waals surface area contributed by atoms with Crippen molar-refractivity contribution in [1.82, 2.24) is 29.4 Å². The van der Waals surface area contributed by atoms with Crippen LogP contribution in [0.3, 0.4) is 0 Å². The molecule has 1 fully saturated rings. The zero-order valence-corrected chi connectivity index (χ0v) is 17.1. The number of nitrogens with zero attached hydrogens (tertiary/aromatic N) is 5. The average molecular weight is 406 g/mol. The Morgan fingerprint density at radius 1 is 1.13 bits per heavy atom. The van der Waals surface area contributed by atoms with E-state index < -0.39 is 0 Å². The molecule has 4 heterocycles. The van der Waals surface area contributed by atoms with E-state index in [2.05, 4.69) is 27.4 Å². The molecule has 0 bridgehead atoms. The molecule has 0 aliphatic carbocycles. The Bertz CT molecular complexity index is 1100. The van der Waals surface area contributed by atoms with Gasteiger partial charge in [-0.05, 0) is 24.8 Å². The lowest BCUT2D eigenvalue weighted by Gasteiger charge is -2.35. The van der Waals surface area contributed by atoms with Crippen LogP contribution in [-0.4, -0.2) is 48.4 Å². The summed E-state index contributed by atoms with van der Waals surface area (Å²) in [6.07, 6.45) is 5.16. The molecule has 156 valence electrons. The number of piperidine rings is 1. The lowest BCUT2D eigenvalue weighted by molar-refractivity contribution is -0.137. The molecule has 3 aromatic rings. The molecule has 30 heavy (non-hydrogen) atoms. The lowest BCUT2D eigenvalue weighted by Crippen LogP contribution is -2.44. The van der Waals surface area contributed by atoms with E-state index in [0.29, 0.717) is 18.9 Å². The molecule has 2 aliphatic heterocycles. The first-order chi connectivity index (χ1) is 14.6. The number of carbonyl (C=O) groups is 1. The number of rotatable bonds is 3. The molecule has 1 N–H and O–H groups in total. The van der Waals surface area contributed by atoms with Crippen molar-refractivity contribution in [3.63, 3.8) is 0 Å². The number of aromatic nitrogens is 5. The number of fused-ring (bicyclic) bond motifs is 1. The first kappa shape index (κ1) is 18.8. The third kappa shape index (κ3) is 3.26. The number of nitrogens with one attached hydrogen (secondary N) is 1. The standard InChI is InChI=1S/C22H26N6O2/c1-26-22(30)28-14-17(7-8-19(28)25-26)21(29)27-11-9-16(10-12-27)20-18(13-23-24-20)15-5-3-2-4-6-15/h2-6,13,16-17H,7-12,14H2,1H3,(H,23,24). The lowest BCUT2D eigenvalue weighted by atomic mass is 9.88. The molecular formula is C22H26N6O2. The van der Waals surface area contributed by atoms with Crippen molar-refractivity contribution >= 4 is 5.91 Å². The van der Waals surface area contributed by atoms with Crippen LogP contribution in [0.2, 0.25) is 0 Å². The van der Waals surface area contributed by atoms with Crippen LogP contribution >= 0.6 is 0 Å². The molecule has 1 saturated heterocycles. The second-order valence-corrected chi connectivity index (χ2v) is 8.33. The van der Waals surface area contributed by atoms with Crippen LogP contribution in [0, 0.1) is 5.92 Å². The minimum absolute atomic E-state index is 0.131. The zero-order chi connectivity index (χ0) is 20.7. The average Bonchev–Trinajstić information content (AvgIpc) is 3.39. The number of aromatic amines is 1. The van der Waals surface area contributed by atoms with E-state index in [1.54, 1.807) is 11.6 Å². The molecule has 2 aromatic heterocycles. The molecule has 0 radical (unpaired) electrons. The zero-order valence-electron chi connectivity index (χ0n) is 17.1. The van der Waals surface area contributed by atoms with E-state index in [0.717, 1.165) is 49.4 Å². The van der Waals surface area contributed by atoms with Gasteiger partial charge in [0.2, 0.25) is 5.91 Å².